The Morgan fingerprint density at radius 2 is 1.95 bits per heavy atom. The second-order valence-electron chi connectivity index (χ2n) is 4.64. The molecule has 0 aliphatic carbocycles. The molecule has 0 bridgehead atoms. The number of benzene rings is 2. The minimum atomic E-state index is -1.19. The zero-order valence-electron chi connectivity index (χ0n) is 11.2. The van der Waals surface area contributed by atoms with Gasteiger partial charge in [0.05, 0.1) is 11.3 Å². The summed E-state index contributed by atoms with van der Waals surface area (Å²) < 4.78 is 14.8. The van der Waals surface area contributed by atoms with E-state index >= 15 is 0 Å². The molecular formula is C15H14BrFN2O2. The smallest absolute Gasteiger partial charge is 0.337 e. The van der Waals surface area contributed by atoms with Crippen LogP contribution < -0.4 is 11.1 Å². The number of nitrogens with two attached hydrogens (primary N) is 1. The highest BCUT2D eigenvalue weighted by molar-refractivity contribution is 9.10. The zero-order valence-corrected chi connectivity index (χ0v) is 12.8. The summed E-state index contributed by atoms with van der Waals surface area (Å²) in [5, 5.41) is 12.0. The van der Waals surface area contributed by atoms with Crippen molar-refractivity contribution < 1.29 is 14.3 Å². The van der Waals surface area contributed by atoms with Gasteiger partial charge in [-0.2, -0.15) is 0 Å². The predicted octanol–water partition coefficient (Wildman–Crippen LogP) is 4.04. The molecule has 2 aromatic carbocycles. The van der Waals surface area contributed by atoms with Crippen LogP contribution in [0, 0.1) is 5.82 Å². The van der Waals surface area contributed by atoms with E-state index in [1.54, 1.807) is 0 Å². The third-order valence-electron chi connectivity index (χ3n) is 3.11. The molecule has 0 saturated heterocycles. The van der Waals surface area contributed by atoms with E-state index in [1.165, 1.54) is 6.07 Å². The van der Waals surface area contributed by atoms with Crippen LogP contribution in [0.1, 0.15) is 28.9 Å². The topological polar surface area (TPSA) is 75.3 Å². The number of rotatable bonds is 4. The van der Waals surface area contributed by atoms with Crippen LogP contribution in [-0.4, -0.2) is 11.1 Å². The SMILES string of the molecule is CC(Nc1cc(C(=O)O)c(N)cc1F)c1ccc(Br)cc1. The van der Waals surface area contributed by atoms with Crippen molar-refractivity contribution in [2.24, 2.45) is 0 Å². The largest absolute Gasteiger partial charge is 0.478 e. The quantitative estimate of drug-likeness (QED) is 0.725. The molecule has 110 valence electrons. The summed E-state index contributed by atoms with van der Waals surface area (Å²) in [6.45, 7) is 1.86. The van der Waals surface area contributed by atoms with Gasteiger partial charge in [0.15, 0.2) is 0 Å². The zero-order chi connectivity index (χ0) is 15.6. The summed E-state index contributed by atoms with van der Waals surface area (Å²) in [6, 6.07) is 9.61. The highest BCUT2D eigenvalue weighted by Crippen LogP contribution is 2.26. The number of anilines is 2. The van der Waals surface area contributed by atoms with Crippen LogP contribution in [0.15, 0.2) is 40.9 Å². The second-order valence-corrected chi connectivity index (χ2v) is 5.56. The van der Waals surface area contributed by atoms with Crippen molar-refractivity contribution in [1.82, 2.24) is 0 Å². The Hall–Kier alpha value is -2.08. The third-order valence-corrected chi connectivity index (χ3v) is 3.64. The number of halogens is 2. The maximum absolute atomic E-state index is 13.9. The first-order chi connectivity index (χ1) is 9.88. The molecule has 6 heteroatoms. The van der Waals surface area contributed by atoms with Crippen molar-refractivity contribution in [2.75, 3.05) is 11.1 Å². The molecular weight excluding hydrogens is 339 g/mol. The molecule has 21 heavy (non-hydrogen) atoms. The minimum absolute atomic E-state index is 0.0955. The molecule has 0 aliphatic heterocycles. The van der Waals surface area contributed by atoms with E-state index in [0.29, 0.717) is 0 Å². The highest BCUT2D eigenvalue weighted by atomic mass is 79.9. The molecule has 0 aliphatic rings. The van der Waals surface area contributed by atoms with Crippen molar-refractivity contribution in [3.8, 4) is 0 Å². The molecule has 0 radical (unpaired) electrons. The van der Waals surface area contributed by atoms with Crippen LogP contribution in [-0.2, 0) is 0 Å². The first-order valence-corrected chi connectivity index (χ1v) is 7.02. The van der Waals surface area contributed by atoms with Crippen molar-refractivity contribution in [1.29, 1.82) is 0 Å². The Morgan fingerprint density at radius 3 is 2.52 bits per heavy atom. The molecule has 2 rings (SSSR count). The highest BCUT2D eigenvalue weighted by Gasteiger charge is 2.15. The Kier molecular flexibility index (Phi) is 4.47. The van der Waals surface area contributed by atoms with E-state index in [4.69, 9.17) is 10.8 Å². The Labute approximate surface area is 129 Å². The van der Waals surface area contributed by atoms with Crippen LogP contribution in [0.4, 0.5) is 15.8 Å². The number of carbonyl (C=O) groups is 1. The molecule has 4 N–H and O–H groups in total. The van der Waals surface area contributed by atoms with Gasteiger partial charge >= 0.3 is 5.97 Å². The third kappa shape index (κ3) is 3.52. The van der Waals surface area contributed by atoms with Crippen LogP contribution in [0.5, 0.6) is 0 Å². The fraction of sp³-hybridized carbons (Fsp3) is 0.133. The average molecular weight is 353 g/mol. The fourth-order valence-corrected chi connectivity index (χ4v) is 2.22. The van der Waals surface area contributed by atoms with Crippen LogP contribution in [0.25, 0.3) is 0 Å². The number of aromatic carboxylic acids is 1. The lowest BCUT2D eigenvalue weighted by molar-refractivity contribution is 0.0698. The maximum Gasteiger partial charge on any atom is 0.337 e. The molecule has 0 aromatic heterocycles. The van der Waals surface area contributed by atoms with Gasteiger partial charge in [-0.25, -0.2) is 9.18 Å². The Balaban J connectivity index is 2.28. The van der Waals surface area contributed by atoms with Crippen LogP contribution in [0.3, 0.4) is 0 Å². The van der Waals surface area contributed by atoms with E-state index in [1.807, 2.05) is 31.2 Å². The van der Waals surface area contributed by atoms with Gasteiger partial charge in [0.25, 0.3) is 0 Å². The van der Waals surface area contributed by atoms with Gasteiger partial charge in [0, 0.05) is 16.2 Å². The second kappa shape index (κ2) is 6.13. The number of hydrogen-bond acceptors (Lipinski definition) is 3. The normalized spacial score (nSPS) is 12.0. The molecule has 0 saturated carbocycles. The van der Waals surface area contributed by atoms with E-state index in [-0.39, 0.29) is 23.0 Å². The van der Waals surface area contributed by atoms with Gasteiger partial charge in [-0.1, -0.05) is 28.1 Å². The van der Waals surface area contributed by atoms with E-state index in [0.717, 1.165) is 16.1 Å². The lowest BCUT2D eigenvalue weighted by Gasteiger charge is -2.17. The fourth-order valence-electron chi connectivity index (χ4n) is 1.95. The summed E-state index contributed by atoms with van der Waals surface area (Å²) >= 11 is 3.35. The molecule has 1 unspecified atom stereocenters. The summed E-state index contributed by atoms with van der Waals surface area (Å²) in [6.07, 6.45) is 0. The molecule has 0 heterocycles. The molecule has 0 amide bonds. The molecule has 0 spiro atoms. The van der Waals surface area contributed by atoms with E-state index < -0.39 is 11.8 Å². The summed E-state index contributed by atoms with van der Waals surface area (Å²) in [5.74, 6) is -1.77. The molecule has 0 fully saturated rings. The summed E-state index contributed by atoms with van der Waals surface area (Å²) in [5.41, 5.74) is 6.34. The van der Waals surface area contributed by atoms with Gasteiger partial charge in [0.1, 0.15) is 5.82 Å². The first-order valence-electron chi connectivity index (χ1n) is 6.23. The van der Waals surface area contributed by atoms with Gasteiger partial charge in [-0.15, -0.1) is 0 Å². The molecule has 1 atom stereocenters. The van der Waals surface area contributed by atoms with Crippen LogP contribution >= 0.6 is 15.9 Å². The van der Waals surface area contributed by atoms with Gasteiger partial charge in [0.2, 0.25) is 0 Å². The van der Waals surface area contributed by atoms with E-state index in [2.05, 4.69) is 21.2 Å². The van der Waals surface area contributed by atoms with Gasteiger partial charge < -0.3 is 16.2 Å². The van der Waals surface area contributed by atoms with E-state index in [9.17, 15) is 9.18 Å². The van der Waals surface area contributed by atoms with Crippen molar-refractivity contribution in [3.05, 3.63) is 57.8 Å². The standard InChI is InChI=1S/C15H14BrFN2O2/c1-8(9-2-4-10(16)5-3-9)19-14-6-11(15(20)21)13(18)7-12(14)17/h2-8,19H,18H2,1H3,(H,20,21). The summed E-state index contributed by atoms with van der Waals surface area (Å²) in [7, 11) is 0. The monoisotopic (exact) mass is 352 g/mol. The maximum atomic E-state index is 13.9. The summed E-state index contributed by atoms with van der Waals surface area (Å²) in [4.78, 5) is 11.0. The lowest BCUT2D eigenvalue weighted by Crippen LogP contribution is -2.10. The Bertz CT molecular complexity index is 674. The molecule has 4 nitrogen and oxygen atoms in total. The van der Waals surface area contributed by atoms with Crippen LogP contribution in [0.2, 0.25) is 0 Å². The predicted molar refractivity (Wildman–Crippen MR) is 84.0 cm³/mol. The first kappa shape index (κ1) is 15.3. The van der Waals surface area contributed by atoms with Crippen molar-refractivity contribution in [3.63, 3.8) is 0 Å². The lowest BCUT2D eigenvalue weighted by atomic mass is 10.1. The number of carboxylic acid groups (broad SMARTS) is 1. The number of nitrogen functional groups attached to an aromatic ring is 1. The van der Waals surface area contributed by atoms with Crippen molar-refractivity contribution >= 4 is 33.3 Å². The van der Waals surface area contributed by atoms with Crippen molar-refractivity contribution in [2.45, 2.75) is 13.0 Å². The number of nitrogens with one attached hydrogen (secondary N) is 1. The Morgan fingerprint density at radius 1 is 1.33 bits per heavy atom. The van der Waals surface area contributed by atoms with Gasteiger partial charge in [-0.05, 0) is 36.8 Å². The minimum Gasteiger partial charge on any atom is -0.478 e. The van der Waals surface area contributed by atoms with Gasteiger partial charge in [-0.3, -0.25) is 0 Å². The number of carboxylic acids is 1. The average Bonchev–Trinajstić information content (AvgIpc) is 2.42. The molecule has 2 aromatic rings. The number of hydrogen-bond donors (Lipinski definition) is 3.